The summed E-state index contributed by atoms with van der Waals surface area (Å²) in [4.78, 5) is 23.2. The first-order valence-corrected chi connectivity index (χ1v) is 5.45. The molecule has 0 saturated carbocycles. The SMILES string of the molecule is COC(=O)C(C)(C)COC(=O)c1cc(N)cn1C. The molecular weight excluding hydrogens is 236 g/mol. The summed E-state index contributed by atoms with van der Waals surface area (Å²) in [7, 11) is 2.99. The predicted molar refractivity (Wildman–Crippen MR) is 65.9 cm³/mol. The van der Waals surface area contributed by atoms with Gasteiger partial charge in [-0.05, 0) is 19.9 Å². The molecule has 0 amide bonds. The van der Waals surface area contributed by atoms with Crippen LogP contribution in [-0.2, 0) is 21.3 Å². The van der Waals surface area contributed by atoms with Crippen LogP contribution in [0.3, 0.4) is 0 Å². The number of nitrogens with two attached hydrogens (primary N) is 1. The van der Waals surface area contributed by atoms with Crippen LogP contribution in [0.25, 0.3) is 0 Å². The highest BCUT2D eigenvalue weighted by Gasteiger charge is 2.31. The van der Waals surface area contributed by atoms with E-state index < -0.39 is 17.4 Å². The molecule has 6 heteroatoms. The molecular formula is C12H18N2O4. The molecule has 2 N–H and O–H groups in total. The van der Waals surface area contributed by atoms with Gasteiger partial charge in [0.15, 0.2) is 0 Å². The summed E-state index contributed by atoms with van der Waals surface area (Å²) < 4.78 is 11.3. The summed E-state index contributed by atoms with van der Waals surface area (Å²) >= 11 is 0. The Bertz CT molecular complexity index is 463. The van der Waals surface area contributed by atoms with Gasteiger partial charge in [-0.2, -0.15) is 0 Å². The Labute approximate surface area is 106 Å². The van der Waals surface area contributed by atoms with E-state index in [1.54, 1.807) is 31.7 Å². The zero-order chi connectivity index (χ0) is 13.9. The molecule has 6 nitrogen and oxygen atoms in total. The molecule has 0 fully saturated rings. The van der Waals surface area contributed by atoms with E-state index >= 15 is 0 Å². The fraction of sp³-hybridized carbons (Fsp3) is 0.500. The first-order chi connectivity index (χ1) is 8.27. The van der Waals surface area contributed by atoms with Crippen molar-refractivity contribution >= 4 is 17.6 Å². The molecule has 0 spiro atoms. The van der Waals surface area contributed by atoms with E-state index in [1.165, 1.54) is 13.2 Å². The first-order valence-electron chi connectivity index (χ1n) is 5.45. The highest BCUT2D eigenvalue weighted by atomic mass is 16.5. The van der Waals surface area contributed by atoms with Gasteiger partial charge in [0.1, 0.15) is 12.3 Å². The van der Waals surface area contributed by atoms with E-state index in [2.05, 4.69) is 4.74 Å². The Balaban J connectivity index is 2.67. The van der Waals surface area contributed by atoms with Gasteiger partial charge in [0, 0.05) is 13.2 Å². The maximum Gasteiger partial charge on any atom is 0.355 e. The van der Waals surface area contributed by atoms with E-state index in [0.29, 0.717) is 11.4 Å². The third-order valence-corrected chi connectivity index (χ3v) is 2.54. The lowest BCUT2D eigenvalue weighted by Crippen LogP contribution is -2.32. The Hall–Kier alpha value is -1.98. The number of aromatic nitrogens is 1. The van der Waals surface area contributed by atoms with Crippen molar-refractivity contribution in [1.82, 2.24) is 4.57 Å². The van der Waals surface area contributed by atoms with Gasteiger partial charge in [-0.3, -0.25) is 4.79 Å². The predicted octanol–water partition coefficient (Wildman–Crippen LogP) is 0.963. The Kier molecular flexibility index (Phi) is 4.00. The van der Waals surface area contributed by atoms with Gasteiger partial charge in [0.2, 0.25) is 0 Å². The molecule has 0 unspecified atom stereocenters. The zero-order valence-corrected chi connectivity index (χ0v) is 11.0. The topological polar surface area (TPSA) is 83.6 Å². The van der Waals surface area contributed by atoms with Gasteiger partial charge in [-0.25, -0.2) is 4.79 Å². The largest absolute Gasteiger partial charge is 0.469 e. The van der Waals surface area contributed by atoms with Crippen LogP contribution in [0.5, 0.6) is 0 Å². The second kappa shape index (κ2) is 5.12. The molecule has 1 aromatic heterocycles. The molecule has 0 aliphatic carbocycles. The molecule has 1 aromatic rings. The fourth-order valence-electron chi connectivity index (χ4n) is 1.45. The summed E-state index contributed by atoms with van der Waals surface area (Å²) in [6, 6.07) is 1.52. The number of nitrogen functional groups attached to an aromatic ring is 1. The number of hydrogen-bond donors (Lipinski definition) is 1. The van der Waals surface area contributed by atoms with Crippen molar-refractivity contribution < 1.29 is 19.1 Å². The van der Waals surface area contributed by atoms with Gasteiger partial charge in [0.05, 0.1) is 18.2 Å². The van der Waals surface area contributed by atoms with Crippen LogP contribution in [0.15, 0.2) is 12.3 Å². The first kappa shape index (κ1) is 14.1. The van der Waals surface area contributed by atoms with E-state index in [1.807, 2.05) is 0 Å². The molecule has 0 aromatic carbocycles. The number of anilines is 1. The van der Waals surface area contributed by atoms with Crippen LogP contribution in [0.1, 0.15) is 24.3 Å². The van der Waals surface area contributed by atoms with Gasteiger partial charge in [-0.15, -0.1) is 0 Å². The van der Waals surface area contributed by atoms with Crippen molar-refractivity contribution in [3.8, 4) is 0 Å². The number of esters is 2. The quantitative estimate of drug-likeness (QED) is 0.809. The second-order valence-corrected chi connectivity index (χ2v) is 4.72. The normalized spacial score (nSPS) is 11.1. The molecule has 100 valence electrons. The lowest BCUT2D eigenvalue weighted by Gasteiger charge is -2.20. The Morgan fingerprint density at radius 1 is 1.44 bits per heavy atom. The second-order valence-electron chi connectivity index (χ2n) is 4.72. The fourth-order valence-corrected chi connectivity index (χ4v) is 1.45. The van der Waals surface area contributed by atoms with E-state index in [9.17, 15) is 9.59 Å². The maximum atomic E-state index is 11.8. The lowest BCUT2D eigenvalue weighted by molar-refractivity contribution is -0.152. The van der Waals surface area contributed by atoms with Crippen molar-refractivity contribution in [2.75, 3.05) is 19.5 Å². The number of methoxy groups -OCH3 is 1. The van der Waals surface area contributed by atoms with Crippen LogP contribution in [0, 0.1) is 5.41 Å². The Morgan fingerprint density at radius 3 is 2.50 bits per heavy atom. The minimum absolute atomic E-state index is 0.0520. The summed E-state index contributed by atoms with van der Waals surface area (Å²) in [5, 5.41) is 0. The zero-order valence-electron chi connectivity index (χ0n) is 11.0. The monoisotopic (exact) mass is 254 g/mol. The average molecular weight is 254 g/mol. The minimum Gasteiger partial charge on any atom is -0.469 e. The molecule has 1 rings (SSSR count). The van der Waals surface area contributed by atoms with Crippen molar-refractivity contribution in [3.63, 3.8) is 0 Å². The molecule has 0 aliphatic heterocycles. The Morgan fingerprint density at radius 2 is 2.06 bits per heavy atom. The summed E-state index contributed by atoms with van der Waals surface area (Å²) in [6.45, 7) is 3.24. The number of nitrogens with zero attached hydrogens (tertiary/aromatic N) is 1. The molecule has 0 atom stereocenters. The summed E-state index contributed by atoms with van der Waals surface area (Å²) in [6.07, 6.45) is 1.61. The van der Waals surface area contributed by atoms with Crippen molar-refractivity contribution in [1.29, 1.82) is 0 Å². The van der Waals surface area contributed by atoms with E-state index in [0.717, 1.165) is 0 Å². The van der Waals surface area contributed by atoms with Crippen LogP contribution in [0.2, 0.25) is 0 Å². The number of carbonyl (C=O) groups excluding carboxylic acids is 2. The number of hydrogen-bond acceptors (Lipinski definition) is 5. The van der Waals surface area contributed by atoms with E-state index in [4.69, 9.17) is 10.5 Å². The number of aryl methyl sites for hydroxylation is 1. The van der Waals surface area contributed by atoms with Gasteiger partial charge in [0.25, 0.3) is 0 Å². The summed E-state index contributed by atoms with van der Waals surface area (Å²) in [5.41, 5.74) is 5.52. The molecule has 1 heterocycles. The minimum atomic E-state index is -0.874. The molecule has 0 bridgehead atoms. The third-order valence-electron chi connectivity index (χ3n) is 2.54. The smallest absolute Gasteiger partial charge is 0.355 e. The van der Waals surface area contributed by atoms with Crippen LogP contribution < -0.4 is 5.73 Å². The van der Waals surface area contributed by atoms with Crippen molar-refractivity contribution in [2.45, 2.75) is 13.8 Å². The molecule has 18 heavy (non-hydrogen) atoms. The van der Waals surface area contributed by atoms with Crippen molar-refractivity contribution in [3.05, 3.63) is 18.0 Å². The van der Waals surface area contributed by atoms with Crippen LogP contribution in [-0.4, -0.2) is 30.2 Å². The number of carbonyl (C=O) groups is 2. The van der Waals surface area contributed by atoms with Crippen LogP contribution in [0.4, 0.5) is 5.69 Å². The van der Waals surface area contributed by atoms with Crippen LogP contribution >= 0.6 is 0 Å². The standard InChI is InChI=1S/C12H18N2O4/c1-12(2,11(16)17-4)7-18-10(15)9-5-8(13)6-14(9)3/h5-6H,7,13H2,1-4H3. The van der Waals surface area contributed by atoms with Gasteiger partial charge in [-0.1, -0.05) is 0 Å². The lowest BCUT2D eigenvalue weighted by atomic mass is 9.95. The molecule has 0 saturated heterocycles. The molecule has 0 aliphatic rings. The van der Waals surface area contributed by atoms with Gasteiger partial charge >= 0.3 is 11.9 Å². The maximum absolute atomic E-state index is 11.8. The summed E-state index contributed by atoms with van der Waals surface area (Å²) in [5.74, 6) is -0.951. The highest BCUT2D eigenvalue weighted by Crippen LogP contribution is 2.19. The van der Waals surface area contributed by atoms with Gasteiger partial charge < -0.3 is 19.8 Å². The van der Waals surface area contributed by atoms with Crippen molar-refractivity contribution in [2.24, 2.45) is 12.5 Å². The number of rotatable bonds is 4. The molecule has 0 radical (unpaired) electrons. The average Bonchev–Trinajstić information content (AvgIpc) is 2.64. The number of ether oxygens (including phenoxy) is 2. The third kappa shape index (κ3) is 3.03. The highest BCUT2D eigenvalue weighted by molar-refractivity contribution is 5.89. The van der Waals surface area contributed by atoms with E-state index in [-0.39, 0.29) is 6.61 Å².